The number of rotatable bonds is 4. The largest absolute Gasteiger partial charge is 0.497 e. The van der Waals surface area contributed by atoms with E-state index in [1.165, 1.54) is 0 Å². The number of aldehydes is 1. The first-order valence-corrected chi connectivity index (χ1v) is 10.9. The van der Waals surface area contributed by atoms with Gasteiger partial charge in [-0.2, -0.15) is 0 Å². The Morgan fingerprint density at radius 3 is 2.52 bits per heavy atom. The fraction of sp³-hybridized carbons (Fsp3) is 0.0357. The number of carbonyl (C=O) groups is 1. The summed E-state index contributed by atoms with van der Waals surface area (Å²) in [5.74, 6) is 1.46. The van der Waals surface area contributed by atoms with Crippen LogP contribution in [0.5, 0.6) is 5.75 Å². The molecular weight excluding hydrogens is 434 g/mol. The molecule has 0 saturated carbocycles. The van der Waals surface area contributed by atoms with Crippen LogP contribution >= 0.6 is 11.6 Å². The summed E-state index contributed by atoms with van der Waals surface area (Å²) in [6.45, 7) is 0. The molecular formula is C28H18ClNO3. The summed E-state index contributed by atoms with van der Waals surface area (Å²) in [6.07, 6.45) is 0.850. The number of hydrogen-bond donors (Lipinski definition) is 1. The van der Waals surface area contributed by atoms with Crippen LogP contribution in [-0.4, -0.2) is 18.4 Å². The van der Waals surface area contributed by atoms with Crippen molar-refractivity contribution in [1.82, 2.24) is 4.98 Å². The average molecular weight is 452 g/mol. The Balaban J connectivity index is 1.84. The fourth-order valence-corrected chi connectivity index (χ4v) is 4.77. The molecule has 0 fully saturated rings. The number of nitrogens with one attached hydrogen (secondary N) is 1. The van der Waals surface area contributed by atoms with Crippen LogP contribution in [-0.2, 0) is 0 Å². The molecule has 0 aliphatic rings. The van der Waals surface area contributed by atoms with E-state index in [2.05, 4.69) is 4.98 Å². The SMILES string of the molecule is COc1ccc2ccc3oc(-c4ccccc4)c(-c4c(C=O)[nH]c5cc(Cl)ccc45)c3c2c1. The van der Waals surface area contributed by atoms with Crippen LogP contribution in [0.4, 0.5) is 0 Å². The van der Waals surface area contributed by atoms with E-state index >= 15 is 0 Å². The fourth-order valence-electron chi connectivity index (χ4n) is 4.60. The average Bonchev–Trinajstić information content (AvgIpc) is 3.41. The minimum absolute atomic E-state index is 0.479. The lowest BCUT2D eigenvalue weighted by molar-refractivity contribution is 0.112. The van der Waals surface area contributed by atoms with Gasteiger partial charge in [-0.25, -0.2) is 0 Å². The van der Waals surface area contributed by atoms with E-state index in [-0.39, 0.29) is 0 Å². The summed E-state index contributed by atoms with van der Waals surface area (Å²) in [6, 6.07) is 25.5. The minimum Gasteiger partial charge on any atom is -0.497 e. The van der Waals surface area contributed by atoms with Crippen LogP contribution in [0.3, 0.4) is 0 Å². The minimum atomic E-state index is 0.479. The Labute approximate surface area is 194 Å². The number of furan rings is 1. The van der Waals surface area contributed by atoms with Crippen LogP contribution in [0.25, 0.3) is 55.1 Å². The molecule has 0 atom stereocenters. The molecule has 0 amide bonds. The molecule has 6 aromatic rings. The summed E-state index contributed by atoms with van der Waals surface area (Å²) in [5, 5.41) is 4.49. The van der Waals surface area contributed by atoms with Gasteiger partial charge in [0.1, 0.15) is 17.1 Å². The molecule has 0 aliphatic carbocycles. The number of fused-ring (bicyclic) bond motifs is 4. The predicted molar refractivity (Wildman–Crippen MR) is 133 cm³/mol. The Morgan fingerprint density at radius 1 is 0.909 bits per heavy atom. The highest BCUT2D eigenvalue weighted by molar-refractivity contribution is 6.31. The van der Waals surface area contributed by atoms with Gasteiger partial charge in [0.05, 0.1) is 12.8 Å². The number of aromatic nitrogens is 1. The highest BCUT2D eigenvalue weighted by Gasteiger charge is 2.25. The van der Waals surface area contributed by atoms with Crippen LogP contribution < -0.4 is 4.74 Å². The number of benzene rings is 4. The van der Waals surface area contributed by atoms with E-state index in [0.29, 0.717) is 16.5 Å². The zero-order chi connectivity index (χ0) is 22.5. The van der Waals surface area contributed by atoms with Gasteiger partial charge in [-0.1, -0.05) is 60.1 Å². The van der Waals surface area contributed by atoms with E-state index in [1.54, 1.807) is 7.11 Å². The van der Waals surface area contributed by atoms with Crippen molar-refractivity contribution >= 4 is 50.5 Å². The van der Waals surface area contributed by atoms with Crippen molar-refractivity contribution in [3.8, 4) is 28.2 Å². The number of methoxy groups -OCH3 is 1. The molecule has 6 rings (SSSR count). The Hall–Kier alpha value is -4.02. The van der Waals surface area contributed by atoms with Crippen molar-refractivity contribution in [2.45, 2.75) is 0 Å². The molecule has 33 heavy (non-hydrogen) atoms. The first-order chi connectivity index (χ1) is 16.2. The lowest BCUT2D eigenvalue weighted by Crippen LogP contribution is -1.88. The van der Waals surface area contributed by atoms with Gasteiger partial charge in [0, 0.05) is 38.0 Å². The standard InChI is InChI=1S/C28H18ClNO3/c1-32-19-10-7-16-8-12-24-26(21(16)14-19)27(28(33-24)17-5-3-2-4-6-17)25-20-11-9-18(29)13-22(20)30-23(25)15-31/h2-15,30H,1H3. The number of hydrogen-bond acceptors (Lipinski definition) is 3. The van der Waals surface area contributed by atoms with Gasteiger partial charge in [-0.3, -0.25) is 4.79 Å². The van der Waals surface area contributed by atoms with E-state index in [1.807, 2.05) is 78.9 Å². The molecule has 0 radical (unpaired) electrons. The Bertz CT molecular complexity index is 1680. The molecule has 5 heteroatoms. The summed E-state index contributed by atoms with van der Waals surface area (Å²) >= 11 is 6.24. The molecule has 0 spiro atoms. The van der Waals surface area contributed by atoms with Crippen LogP contribution in [0, 0.1) is 0 Å². The first-order valence-electron chi connectivity index (χ1n) is 10.5. The first kappa shape index (κ1) is 19.6. The molecule has 4 nitrogen and oxygen atoms in total. The van der Waals surface area contributed by atoms with Crippen molar-refractivity contribution in [2.75, 3.05) is 7.11 Å². The lowest BCUT2D eigenvalue weighted by Gasteiger charge is -2.07. The third kappa shape index (κ3) is 3.03. The maximum Gasteiger partial charge on any atom is 0.166 e. The molecule has 2 heterocycles. The van der Waals surface area contributed by atoms with Gasteiger partial charge in [-0.15, -0.1) is 0 Å². The van der Waals surface area contributed by atoms with Crippen molar-refractivity contribution in [3.63, 3.8) is 0 Å². The predicted octanol–water partition coefficient (Wildman–Crippen LogP) is 7.88. The second-order valence-corrected chi connectivity index (χ2v) is 8.36. The molecule has 0 unspecified atom stereocenters. The monoisotopic (exact) mass is 451 g/mol. The molecule has 0 saturated heterocycles. The highest BCUT2D eigenvalue weighted by atomic mass is 35.5. The smallest absolute Gasteiger partial charge is 0.166 e. The Morgan fingerprint density at radius 2 is 1.73 bits per heavy atom. The van der Waals surface area contributed by atoms with Gasteiger partial charge < -0.3 is 14.1 Å². The van der Waals surface area contributed by atoms with Gasteiger partial charge >= 0.3 is 0 Å². The maximum atomic E-state index is 12.2. The third-order valence-corrected chi connectivity index (χ3v) is 6.31. The third-order valence-electron chi connectivity index (χ3n) is 6.07. The number of H-pyrrole nitrogens is 1. The second kappa shape index (κ2) is 7.54. The summed E-state index contributed by atoms with van der Waals surface area (Å²) in [4.78, 5) is 15.4. The van der Waals surface area contributed by atoms with Crippen LogP contribution in [0.2, 0.25) is 5.02 Å². The van der Waals surface area contributed by atoms with Gasteiger partial charge in [0.2, 0.25) is 0 Å². The van der Waals surface area contributed by atoms with E-state index in [9.17, 15) is 4.79 Å². The summed E-state index contributed by atoms with van der Waals surface area (Å²) < 4.78 is 12.0. The number of carbonyl (C=O) groups excluding carboxylic acids is 1. The second-order valence-electron chi connectivity index (χ2n) is 7.92. The summed E-state index contributed by atoms with van der Waals surface area (Å²) in [5.41, 5.74) is 4.61. The zero-order valence-electron chi connectivity index (χ0n) is 17.7. The van der Waals surface area contributed by atoms with Crippen molar-refractivity contribution < 1.29 is 13.9 Å². The molecule has 160 valence electrons. The zero-order valence-corrected chi connectivity index (χ0v) is 18.4. The number of aromatic amines is 1. The Kier molecular flexibility index (Phi) is 4.49. The normalized spacial score (nSPS) is 11.5. The van der Waals surface area contributed by atoms with E-state index in [0.717, 1.165) is 61.4 Å². The quantitative estimate of drug-likeness (QED) is 0.277. The highest BCUT2D eigenvalue weighted by Crippen LogP contribution is 2.47. The molecule has 0 bridgehead atoms. The van der Waals surface area contributed by atoms with E-state index in [4.69, 9.17) is 20.8 Å². The molecule has 2 aromatic heterocycles. The topological polar surface area (TPSA) is 55.2 Å². The molecule has 0 aliphatic heterocycles. The van der Waals surface area contributed by atoms with Crippen molar-refractivity contribution in [1.29, 1.82) is 0 Å². The van der Waals surface area contributed by atoms with E-state index < -0.39 is 0 Å². The van der Waals surface area contributed by atoms with Crippen molar-refractivity contribution in [2.24, 2.45) is 0 Å². The van der Waals surface area contributed by atoms with Gasteiger partial charge in [0.25, 0.3) is 0 Å². The number of halogens is 1. The van der Waals surface area contributed by atoms with Gasteiger partial charge in [0.15, 0.2) is 6.29 Å². The number of ether oxygens (including phenoxy) is 1. The van der Waals surface area contributed by atoms with Crippen LogP contribution in [0.1, 0.15) is 10.5 Å². The summed E-state index contributed by atoms with van der Waals surface area (Å²) in [7, 11) is 1.65. The lowest BCUT2D eigenvalue weighted by atomic mass is 9.93. The van der Waals surface area contributed by atoms with Crippen LogP contribution in [0.15, 0.2) is 83.3 Å². The molecule has 1 N–H and O–H groups in total. The van der Waals surface area contributed by atoms with Crippen molar-refractivity contribution in [3.05, 3.63) is 89.6 Å². The maximum absolute atomic E-state index is 12.2. The molecule has 4 aromatic carbocycles. The van der Waals surface area contributed by atoms with Gasteiger partial charge in [-0.05, 0) is 41.1 Å².